The lowest BCUT2D eigenvalue weighted by atomic mass is 10.1. The summed E-state index contributed by atoms with van der Waals surface area (Å²) in [6, 6.07) is 12.2. The first-order valence-corrected chi connectivity index (χ1v) is 7.51. The Morgan fingerprint density at radius 2 is 1.80 bits per heavy atom. The molecular weight excluding hydrogens is 389 g/mol. The fraction of sp³-hybridized carbons (Fsp3) is 0.133. The van der Waals surface area contributed by atoms with Gasteiger partial charge in [-0.15, -0.1) is 0 Å². The Labute approximate surface area is 133 Å². The number of hydrogen-bond acceptors (Lipinski definition) is 1. The van der Waals surface area contributed by atoms with Crippen LogP contribution in [0.5, 0.6) is 0 Å². The van der Waals surface area contributed by atoms with Gasteiger partial charge in [-0.3, -0.25) is 4.79 Å². The summed E-state index contributed by atoms with van der Waals surface area (Å²) in [5.41, 5.74) is 1.33. The van der Waals surface area contributed by atoms with Crippen molar-refractivity contribution in [2.75, 3.05) is 7.05 Å². The molecule has 5 heteroatoms. The van der Waals surface area contributed by atoms with Crippen LogP contribution in [0.2, 0.25) is 0 Å². The van der Waals surface area contributed by atoms with Gasteiger partial charge in [-0.1, -0.05) is 34.1 Å². The Hall–Kier alpha value is -1.20. The molecule has 2 aromatic carbocycles. The average Bonchev–Trinajstić information content (AvgIpc) is 2.43. The maximum absolute atomic E-state index is 13.5. The summed E-state index contributed by atoms with van der Waals surface area (Å²) in [6.45, 7) is 0.467. The molecule has 0 saturated carbocycles. The molecule has 0 spiro atoms. The van der Waals surface area contributed by atoms with E-state index in [0.29, 0.717) is 12.1 Å². The maximum atomic E-state index is 13.5. The highest BCUT2D eigenvalue weighted by Crippen LogP contribution is 2.22. The SMILES string of the molecule is CN(Cc1ccc(Br)cc1)C(=O)c1cccc(F)c1Br. The van der Waals surface area contributed by atoms with Crippen molar-refractivity contribution >= 4 is 37.8 Å². The normalized spacial score (nSPS) is 10.4. The molecule has 0 fully saturated rings. The molecule has 104 valence electrons. The van der Waals surface area contributed by atoms with Crippen LogP contribution in [0.1, 0.15) is 15.9 Å². The lowest BCUT2D eigenvalue weighted by Crippen LogP contribution is -2.26. The lowest BCUT2D eigenvalue weighted by Gasteiger charge is -2.18. The molecular formula is C15H12Br2FNO. The minimum Gasteiger partial charge on any atom is -0.337 e. The molecule has 2 nitrogen and oxygen atoms in total. The summed E-state index contributed by atoms with van der Waals surface area (Å²) in [5.74, 6) is -0.660. The number of hydrogen-bond donors (Lipinski definition) is 0. The Bertz CT molecular complexity index is 628. The third kappa shape index (κ3) is 3.46. The van der Waals surface area contributed by atoms with Crippen LogP contribution in [0, 0.1) is 5.82 Å². The van der Waals surface area contributed by atoms with E-state index in [1.807, 2.05) is 24.3 Å². The molecule has 2 rings (SSSR count). The molecule has 0 bridgehead atoms. The number of nitrogens with zero attached hydrogens (tertiary/aromatic N) is 1. The molecule has 0 aromatic heterocycles. The molecule has 20 heavy (non-hydrogen) atoms. The van der Waals surface area contributed by atoms with Crippen molar-refractivity contribution in [3.63, 3.8) is 0 Å². The molecule has 0 N–H and O–H groups in total. The van der Waals surface area contributed by atoms with Gasteiger partial charge in [-0.2, -0.15) is 0 Å². The fourth-order valence-electron chi connectivity index (χ4n) is 1.81. The van der Waals surface area contributed by atoms with E-state index in [-0.39, 0.29) is 10.4 Å². The number of carbonyl (C=O) groups is 1. The van der Waals surface area contributed by atoms with Crippen molar-refractivity contribution in [2.24, 2.45) is 0 Å². The summed E-state index contributed by atoms with van der Waals surface area (Å²) < 4.78 is 14.6. The van der Waals surface area contributed by atoms with Crippen molar-refractivity contribution in [3.8, 4) is 0 Å². The topological polar surface area (TPSA) is 20.3 Å². The van der Waals surface area contributed by atoms with Crippen molar-refractivity contribution in [1.82, 2.24) is 4.90 Å². The predicted molar refractivity (Wildman–Crippen MR) is 84.0 cm³/mol. The van der Waals surface area contributed by atoms with E-state index >= 15 is 0 Å². The van der Waals surface area contributed by atoms with Crippen molar-refractivity contribution in [1.29, 1.82) is 0 Å². The van der Waals surface area contributed by atoms with Crippen LogP contribution in [0.15, 0.2) is 51.4 Å². The average molecular weight is 401 g/mol. The van der Waals surface area contributed by atoms with Gasteiger partial charge in [0.25, 0.3) is 5.91 Å². The van der Waals surface area contributed by atoms with Crippen LogP contribution in [0.4, 0.5) is 4.39 Å². The molecule has 0 aliphatic rings. The van der Waals surface area contributed by atoms with Gasteiger partial charge in [0.15, 0.2) is 0 Å². The van der Waals surface area contributed by atoms with E-state index in [1.54, 1.807) is 18.0 Å². The van der Waals surface area contributed by atoms with Gasteiger partial charge in [-0.25, -0.2) is 4.39 Å². The standard InChI is InChI=1S/C15H12Br2FNO/c1-19(9-10-5-7-11(16)8-6-10)15(20)12-3-2-4-13(18)14(12)17/h2-8H,9H2,1H3. The van der Waals surface area contributed by atoms with Crippen LogP contribution in [-0.4, -0.2) is 17.9 Å². The quantitative estimate of drug-likeness (QED) is 0.735. The Balaban J connectivity index is 2.16. The maximum Gasteiger partial charge on any atom is 0.255 e. The molecule has 0 radical (unpaired) electrons. The number of rotatable bonds is 3. The number of amides is 1. The fourth-order valence-corrected chi connectivity index (χ4v) is 2.51. The Morgan fingerprint density at radius 1 is 1.15 bits per heavy atom. The van der Waals surface area contributed by atoms with E-state index in [2.05, 4.69) is 31.9 Å². The van der Waals surface area contributed by atoms with Crippen molar-refractivity contribution in [2.45, 2.75) is 6.54 Å². The molecule has 2 aromatic rings. The Morgan fingerprint density at radius 3 is 2.45 bits per heavy atom. The van der Waals surface area contributed by atoms with Crippen molar-refractivity contribution in [3.05, 3.63) is 68.4 Å². The number of halogens is 3. The summed E-state index contributed by atoms with van der Waals surface area (Å²) in [7, 11) is 1.70. The zero-order valence-corrected chi connectivity index (χ0v) is 13.9. The van der Waals surface area contributed by atoms with Crippen LogP contribution < -0.4 is 0 Å². The van der Waals surface area contributed by atoms with Crippen molar-refractivity contribution < 1.29 is 9.18 Å². The molecule has 0 unspecified atom stereocenters. The second-order valence-corrected chi connectivity index (χ2v) is 6.10. The highest BCUT2D eigenvalue weighted by atomic mass is 79.9. The molecule has 0 aliphatic carbocycles. The van der Waals surface area contributed by atoms with E-state index in [4.69, 9.17) is 0 Å². The van der Waals surface area contributed by atoms with Gasteiger partial charge in [0, 0.05) is 18.1 Å². The van der Waals surface area contributed by atoms with E-state index < -0.39 is 5.82 Å². The largest absolute Gasteiger partial charge is 0.337 e. The van der Waals surface area contributed by atoms with E-state index in [0.717, 1.165) is 10.0 Å². The van der Waals surface area contributed by atoms with Gasteiger partial charge in [0.1, 0.15) is 5.82 Å². The van der Waals surface area contributed by atoms with E-state index in [9.17, 15) is 9.18 Å². The lowest BCUT2D eigenvalue weighted by molar-refractivity contribution is 0.0783. The van der Waals surface area contributed by atoms with Crippen LogP contribution in [0.3, 0.4) is 0 Å². The van der Waals surface area contributed by atoms with Gasteiger partial charge in [0.05, 0.1) is 10.0 Å². The minimum absolute atomic E-state index is 0.202. The molecule has 0 aliphatic heterocycles. The van der Waals surface area contributed by atoms with Gasteiger partial charge < -0.3 is 4.90 Å². The first-order chi connectivity index (χ1) is 9.49. The highest BCUT2D eigenvalue weighted by molar-refractivity contribution is 9.10. The summed E-state index contributed by atoms with van der Waals surface area (Å²) in [6.07, 6.45) is 0. The van der Waals surface area contributed by atoms with Crippen LogP contribution in [-0.2, 0) is 6.54 Å². The predicted octanol–water partition coefficient (Wildman–Crippen LogP) is 4.62. The van der Waals surface area contributed by atoms with Crippen LogP contribution >= 0.6 is 31.9 Å². The van der Waals surface area contributed by atoms with Gasteiger partial charge in [-0.05, 0) is 45.8 Å². The van der Waals surface area contributed by atoms with Gasteiger partial charge >= 0.3 is 0 Å². The second-order valence-electron chi connectivity index (χ2n) is 4.39. The van der Waals surface area contributed by atoms with E-state index in [1.165, 1.54) is 12.1 Å². The highest BCUT2D eigenvalue weighted by Gasteiger charge is 2.17. The summed E-state index contributed by atoms with van der Waals surface area (Å²) in [4.78, 5) is 13.9. The third-order valence-electron chi connectivity index (χ3n) is 2.86. The smallest absolute Gasteiger partial charge is 0.255 e. The molecule has 1 amide bonds. The summed E-state index contributed by atoms with van der Waals surface area (Å²) >= 11 is 6.48. The van der Waals surface area contributed by atoms with Gasteiger partial charge in [0.2, 0.25) is 0 Å². The summed E-state index contributed by atoms with van der Waals surface area (Å²) in [5, 5.41) is 0. The first-order valence-electron chi connectivity index (χ1n) is 5.93. The molecule has 0 atom stereocenters. The number of benzene rings is 2. The zero-order chi connectivity index (χ0) is 14.7. The number of carbonyl (C=O) groups excluding carboxylic acids is 1. The Kier molecular flexibility index (Phi) is 4.94. The molecule has 0 heterocycles. The zero-order valence-electron chi connectivity index (χ0n) is 10.7. The monoisotopic (exact) mass is 399 g/mol. The first kappa shape index (κ1) is 15.2. The second kappa shape index (κ2) is 6.50. The third-order valence-corrected chi connectivity index (χ3v) is 4.20. The van der Waals surface area contributed by atoms with Crippen LogP contribution in [0.25, 0.3) is 0 Å². The minimum atomic E-state index is -0.437. The molecule has 0 saturated heterocycles.